The van der Waals surface area contributed by atoms with Crippen LogP contribution in [0.2, 0.25) is 10.0 Å². The molecule has 0 bridgehead atoms. The predicted molar refractivity (Wildman–Crippen MR) is 82.8 cm³/mol. The van der Waals surface area contributed by atoms with E-state index >= 15 is 0 Å². The van der Waals surface area contributed by atoms with Gasteiger partial charge in [0.2, 0.25) is 0 Å². The lowest BCUT2D eigenvalue weighted by Gasteiger charge is -2.28. The molecule has 0 radical (unpaired) electrons. The van der Waals surface area contributed by atoms with Crippen molar-refractivity contribution in [3.05, 3.63) is 33.8 Å². The van der Waals surface area contributed by atoms with Gasteiger partial charge in [0.05, 0.1) is 13.2 Å². The van der Waals surface area contributed by atoms with Gasteiger partial charge in [-0.15, -0.1) is 0 Å². The molecule has 1 aromatic carbocycles. The Labute approximate surface area is 130 Å². The first-order valence-electron chi connectivity index (χ1n) is 6.87. The summed E-state index contributed by atoms with van der Waals surface area (Å²) in [5.41, 5.74) is 1.25. The van der Waals surface area contributed by atoms with E-state index in [1.54, 1.807) is 13.2 Å². The summed E-state index contributed by atoms with van der Waals surface area (Å²) in [6.45, 7) is 4.07. The van der Waals surface area contributed by atoms with Crippen LogP contribution in [0, 0.1) is 5.41 Å². The van der Waals surface area contributed by atoms with Crippen LogP contribution in [0.15, 0.2) is 18.2 Å². The van der Waals surface area contributed by atoms with Crippen molar-refractivity contribution >= 4 is 23.2 Å². The zero-order valence-electron chi connectivity index (χ0n) is 11.8. The number of nitrogens with one attached hydrogen (secondary N) is 1. The molecule has 3 nitrogen and oxygen atoms in total. The van der Waals surface area contributed by atoms with Crippen molar-refractivity contribution in [1.29, 1.82) is 0 Å². The van der Waals surface area contributed by atoms with Crippen LogP contribution in [0.1, 0.15) is 12.0 Å². The average Bonchev–Trinajstić information content (AvgIpc) is 2.87. The Morgan fingerprint density at radius 3 is 2.90 bits per heavy atom. The summed E-state index contributed by atoms with van der Waals surface area (Å²) < 4.78 is 10.7. The molecule has 2 rings (SSSR count). The molecule has 1 N–H and O–H groups in total. The van der Waals surface area contributed by atoms with Crippen molar-refractivity contribution in [2.45, 2.75) is 12.8 Å². The first kappa shape index (κ1) is 16.1. The van der Waals surface area contributed by atoms with Crippen LogP contribution in [0.5, 0.6) is 0 Å². The Morgan fingerprint density at radius 1 is 1.40 bits per heavy atom. The quantitative estimate of drug-likeness (QED) is 0.783. The Hall–Kier alpha value is -0.320. The van der Waals surface area contributed by atoms with Crippen molar-refractivity contribution < 1.29 is 9.47 Å². The Morgan fingerprint density at radius 2 is 2.25 bits per heavy atom. The highest BCUT2D eigenvalue weighted by atomic mass is 35.5. The summed E-state index contributed by atoms with van der Waals surface area (Å²) in [5, 5.41) is 4.86. The number of benzene rings is 1. The molecule has 1 atom stereocenters. The molecular formula is C15H21Cl2NO2. The number of halogens is 2. The van der Waals surface area contributed by atoms with Gasteiger partial charge in [0.25, 0.3) is 0 Å². The van der Waals surface area contributed by atoms with E-state index in [4.69, 9.17) is 32.7 Å². The van der Waals surface area contributed by atoms with Crippen LogP contribution >= 0.6 is 23.2 Å². The van der Waals surface area contributed by atoms with Crippen LogP contribution < -0.4 is 5.32 Å². The third-order valence-electron chi connectivity index (χ3n) is 3.75. The molecule has 1 aliphatic heterocycles. The smallest absolute Gasteiger partial charge is 0.0587 e. The summed E-state index contributed by atoms with van der Waals surface area (Å²) in [7, 11) is 1.71. The minimum atomic E-state index is 0.116. The fourth-order valence-electron chi connectivity index (χ4n) is 2.59. The summed E-state index contributed by atoms with van der Waals surface area (Å²) in [4.78, 5) is 0. The van der Waals surface area contributed by atoms with Crippen molar-refractivity contribution in [1.82, 2.24) is 5.32 Å². The van der Waals surface area contributed by atoms with E-state index < -0.39 is 0 Å². The lowest BCUT2D eigenvalue weighted by atomic mass is 9.81. The summed E-state index contributed by atoms with van der Waals surface area (Å²) in [6, 6.07) is 5.71. The molecule has 5 heteroatoms. The molecule has 1 fully saturated rings. The maximum Gasteiger partial charge on any atom is 0.0587 e. The van der Waals surface area contributed by atoms with Crippen LogP contribution in [0.4, 0.5) is 0 Å². The number of hydrogen-bond donors (Lipinski definition) is 1. The normalized spacial score (nSPS) is 22.4. The topological polar surface area (TPSA) is 30.5 Å². The second kappa shape index (κ2) is 7.62. The van der Waals surface area contributed by atoms with Crippen molar-refractivity contribution in [3.63, 3.8) is 0 Å². The highest BCUT2D eigenvalue weighted by Gasteiger charge is 2.35. The van der Waals surface area contributed by atoms with Gasteiger partial charge in [-0.1, -0.05) is 29.3 Å². The molecule has 0 spiro atoms. The van der Waals surface area contributed by atoms with Gasteiger partial charge < -0.3 is 14.8 Å². The number of hydrogen-bond acceptors (Lipinski definition) is 3. The van der Waals surface area contributed by atoms with Crippen LogP contribution in [-0.4, -0.2) is 40.0 Å². The molecule has 20 heavy (non-hydrogen) atoms. The maximum absolute atomic E-state index is 6.29. The number of rotatable bonds is 7. The van der Waals surface area contributed by atoms with E-state index in [-0.39, 0.29) is 5.41 Å². The second-order valence-electron chi connectivity index (χ2n) is 5.38. The van der Waals surface area contributed by atoms with E-state index in [9.17, 15) is 0 Å². The van der Waals surface area contributed by atoms with Crippen LogP contribution in [0.3, 0.4) is 0 Å². The van der Waals surface area contributed by atoms with Gasteiger partial charge in [-0.05, 0) is 30.5 Å². The van der Waals surface area contributed by atoms with Crippen LogP contribution in [0.25, 0.3) is 0 Å². The molecule has 1 heterocycles. The molecule has 1 saturated heterocycles. The first-order chi connectivity index (χ1) is 9.65. The zero-order valence-corrected chi connectivity index (χ0v) is 13.3. The Balaban J connectivity index is 2.01. The average molecular weight is 318 g/mol. The highest BCUT2D eigenvalue weighted by Crippen LogP contribution is 2.34. The monoisotopic (exact) mass is 317 g/mol. The first-order valence-corrected chi connectivity index (χ1v) is 7.62. The minimum Gasteiger partial charge on any atom is -0.383 e. The lowest BCUT2D eigenvalue weighted by Crippen LogP contribution is -2.38. The van der Waals surface area contributed by atoms with E-state index in [2.05, 4.69) is 5.32 Å². The van der Waals surface area contributed by atoms with Gasteiger partial charge in [0.1, 0.15) is 0 Å². The van der Waals surface area contributed by atoms with Crippen molar-refractivity contribution in [2.75, 3.05) is 40.0 Å². The largest absolute Gasteiger partial charge is 0.383 e. The van der Waals surface area contributed by atoms with Gasteiger partial charge in [-0.25, -0.2) is 0 Å². The third-order valence-corrected chi connectivity index (χ3v) is 4.34. The summed E-state index contributed by atoms with van der Waals surface area (Å²) in [5.74, 6) is 0. The van der Waals surface area contributed by atoms with E-state index in [0.717, 1.165) is 56.3 Å². The zero-order chi connectivity index (χ0) is 14.4. The molecular weight excluding hydrogens is 297 g/mol. The number of ether oxygens (including phenoxy) is 2. The Bertz CT molecular complexity index is 434. The van der Waals surface area contributed by atoms with Gasteiger partial charge in [0, 0.05) is 42.3 Å². The molecule has 1 aromatic rings. The van der Waals surface area contributed by atoms with Gasteiger partial charge >= 0.3 is 0 Å². The van der Waals surface area contributed by atoms with Crippen molar-refractivity contribution in [3.8, 4) is 0 Å². The molecule has 1 aliphatic rings. The predicted octanol–water partition coefficient (Wildman–Crippen LogP) is 3.18. The van der Waals surface area contributed by atoms with E-state index in [0.29, 0.717) is 5.02 Å². The standard InChI is InChI=1S/C15H21Cl2NO2/c1-19-7-5-18-10-15(4-6-20-11-15)9-12-2-3-13(16)8-14(12)17/h2-3,8,18H,4-7,9-11H2,1H3. The SMILES string of the molecule is COCCNCC1(Cc2ccc(Cl)cc2Cl)CCOC1. The molecule has 0 aromatic heterocycles. The fourth-order valence-corrected chi connectivity index (χ4v) is 3.06. The molecule has 1 unspecified atom stereocenters. The highest BCUT2D eigenvalue weighted by molar-refractivity contribution is 6.35. The summed E-state index contributed by atoms with van der Waals surface area (Å²) >= 11 is 12.2. The lowest BCUT2D eigenvalue weighted by molar-refractivity contribution is 0.145. The summed E-state index contributed by atoms with van der Waals surface area (Å²) in [6.07, 6.45) is 1.95. The molecule has 112 valence electrons. The van der Waals surface area contributed by atoms with Crippen molar-refractivity contribution in [2.24, 2.45) is 5.41 Å². The van der Waals surface area contributed by atoms with Gasteiger partial charge in [-0.3, -0.25) is 0 Å². The molecule has 0 amide bonds. The van der Waals surface area contributed by atoms with E-state index in [1.165, 1.54) is 0 Å². The fraction of sp³-hybridized carbons (Fsp3) is 0.600. The number of methoxy groups -OCH3 is 1. The van der Waals surface area contributed by atoms with Gasteiger partial charge in [-0.2, -0.15) is 0 Å². The van der Waals surface area contributed by atoms with Crippen LogP contribution in [-0.2, 0) is 15.9 Å². The third kappa shape index (κ3) is 4.34. The van der Waals surface area contributed by atoms with Gasteiger partial charge in [0.15, 0.2) is 0 Å². The second-order valence-corrected chi connectivity index (χ2v) is 6.23. The molecule has 0 aliphatic carbocycles. The molecule has 0 saturated carbocycles. The minimum absolute atomic E-state index is 0.116. The maximum atomic E-state index is 6.29. The Kier molecular flexibility index (Phi) is 6.12. The van der Waals surface area contributed by atoms with E-state index in [1.807, 2.05) is 12.1 Å².